The lowest BCUT2D eigenvalue weighted by Crippen LogP contribution is -2.04. The van der Waals surface area contributed by atoms with Gasteiger partial charge in [-0.05, 0) is 19.9 Å². The van der Waals surface area contributed by atoms with Gasteiger partial charge in [0.1, 0.15) is 0 Å². The molecule has 0 amide bonds. The van der Waals surface area contributed by atoms with Crippen LogP contribution in [0.5, 0.6) is 0 Å². The van der Waals surface area contributed by atoms with Crippen LogP contribution in [0.4, 0.5) is 0 Å². The average Bonchev–Trinajstić information content (AvgIpc) is 2.57. The molecule has 0 aliphatic rings. The first-order valence-corrected chi connectivity index (χ1v) is 4.69. The van der Waals surface area contributed by atoms with E-state index in [2.05, 4.69) is 32.1 Å². The van der Waals surface area contributed by atoms with Crippen LogP contribution in [-0.4, -0.2) is 9.78 Å². The standard InChI is InChI=1S/C12H16N2/c1-5-7-8-12-11(6-2)9-13-14(12)10(3)4/h5-10H,1-2H2,3-4H3/b8-7-. The van der Waals surface area contributed by atoms with E-state index in [-0.39, 0.29) is 0 Å². The molecule has 2 nitrogen and oxygen atoms in total. The van der Waals surface area contributed by atoms with E-state index in [1.807, 2.05) is 29.1 Å². The highest BCUT2D eigenvalue weighted by Gasteiger charge is 2.07. The predicted molar refractivity (Wildman–Crippen MR) is 61.9 cm³/mol. The van der Waals surface area contributed by atoms with Gasteiger partial charge in [-0.25, -0.2) is 0 Å². The molecule has 0 aliphatic heterocycles. The molecular formula is C12H16N2. The molecule has 0 saturated carbocycles. The van der Waals surface area contributed by atoms with Crippen LogP contribution >= 0.6 is 0 Å². The fraction of sp³-hybridized carbons (Fsp3) is 0.250. The fourth-order valence-electron chi connectivity index (χ4n) is 1.29. The molecule has 1 aromatic rings. The Morgan fingerprint density at radius 1 is 1.43 bits per heavy atom. The Kier molecular flexibility index (Phi) is 3.46. The highest BCUT2D eigenvalue weighted by molar-refractivity contribution is 5.61. The maximum absolute atomic E-state index is 4.30. The lowest BCUT2D eigenvalue weighted by molar-refractivity contribution is 0.528. The summed E-state index contributed by atoms with van der Waals surface area (Å²) in [7, 11) is 0. The van der Waals surface area contributed by atoms with E-state index in [0.717, 1.165) is 11.3 Å². The van der Waals surface area contributed by atoms with Crippen LogP contribution in [0, 0.1) is 0 Å². The highest BCUT2D eigenvalue weighted by Crippen LogP contribution is 2.16. The Balaban J connectivity index is 3.18. The predicted octanol–water partition coefficient (Wildman–Crippen LogP) is 3.31. The van der Waals surface area contributed by atoms with Crippen molar-refractivity contribution in [2.75, 3.05) is 0 Å². The second-order valence-corrected chi connectivity index (χ2v) is 3.32. The van der Waals surface area contributed by atoms with Crippen LogP contribution in [0.25, 0.3) is 12.2 Å². The number of aromatic nitrogens is 2. The zero-order chi connectivity index (χ0) is 10.6. The molecular weight excluding hydrogens is 172 g/mol. The topological polar surface area (TPSA) is 17.8 Å². The first-order valence-electron chi connectivity index (χ1n) is 4.69. The molecule has 1 rings (SSSR count). The first kappa shape index (κ1) is 10.5. The van der Waals surface area contributed by atoms with Gasteiger partial charge in [-0.1, -0.05) is 31.4 Å². The third kappa shape index (κ3) is 2.02. The molecule has 0 bridgehead atoms. The smallest absolute Gasteiger partial charge is 0.0685 e. The molecule has 0 atom stereocenters. The second-order valence-electron chi connectivity index (χ2n) is 3.32. The summed E-state index contributed by atoms with van der Waals surface area (Å²) >= 11 is 0. The van der Waals surface area contributed by atoms with Crippen LogP contribution in [0.15, 0.2) is 31.5 Å². The van der Waals surface area contributed by atoms with Crippen molar-refractivity contribution in [3.05, 3.63) is 42.8 Å². The molecule has 0 aliphatic carbocycles. The Morgan fingerprint density at radius 3 is 2.64 bits per heavy atom. The van der Waals surface area contributed by atoms with E-state index < -0.39 is 0 Å². The van der Waals surface area contributed by atoms with Gasteiger partial charge in [0.2, 0.25) is 0 Å². The largest absolute Gasteiger partial charge is 0.262 e. The number of rotatable bonds is 4. The summed E-state index contributed by atoms with van der Waals surface area (Å²) in [6.07, 6.45) is 9.30. The minimum atomic E-state index is 0.355. The minimum absolute atomic E-state index is 0.355. The Morgan fingerprint density at radius 2 is 2.14 bits per heavy atom. The molecule has 0 radical (unpaired) electrons. The summed E-state index contributed by atoms with van der Waals surface area (Å²) in [4.78, 5) is 0. The van der Waals surface area contributed by atoms with Crippen LogP contribution in [-0.2, 0) is 0 Å². The van der Waals surface area contributed by atoms with Crippen LogP contribution in [0.2, 0.25) is 0 Å². The van der Waals surface area contributed by atoms with E-state index in [4.69, 9.17) is 0 Å². The minimum Gasteiger partial charge on any atom is -0.262 e. The van der Waals surface area contributed by atoms with Gasteiger partial charge in [0.15, 0.2) is 0 Å². The van der Waals surface area contributed by atoms with Crippen molar-refractivity contribution < 1.29 is 0 Å². The number of hydrogen-bond acceptors (Lipinski definition) is 1. The van der Waals surface area contributed by atoms with Crippen molar-refractivity contribution in [3.8, 4) is 0 Å². The lowest BCUT2D eigenvalue weighted by Gasteiger charge is -2.08. The second kappa shape index (κ2) is 4.61. The molecule has 0 fully saturated rings. The molecule has 0 saturated heterocycles. The van der Waals surface area contributed by atoms with Crippen molar-refractivity contribution in [2.24, 2.45) is 0 Å². The summed E-state index contributed by atoms with van der Waals surface area (Å²) in [6.45, 7) is 11.6. The van der Waals surface area contributed by atoms with Gasteiger partial charge in [0.25, 0.3) is 0 Å². The monoisotopic (exact) mass is 188 g/mol. The third-order valence-corrected chi connectivity index (χ3v) is 1.96. The molecule has 2 heteroatoms. The van der Waals surface area contributed by atoms with Gasteiger partial charge in [0.05, 0.1) is 11.9 Å². The molecule has 0 N–H and O–H groups in total. The van der Waals surface area contributed by atoms with Crippen LogP contribution in [0.3, 0.4) is 0 Å². The lowest BCUT2D eigenvalue weighted by atomic mass is 10.2. The summed E-state index contributed by atoms with van der Waals surface area (Å²) in [5.74, 6) is 0. The first-order chi connectivity index (χ1) is 6.70. The van der Waals surface area contributed by atoms with Crippen molar-refractivity contribution in [3.63, 3.8) is 0 Å². The van der Waals surface area contributed by atoms with Gasteiger partial charge in [-0.2, -0.15) is 5.10 Å². The van der Waals surface area contributed by atoms with Crippen molar-refractivity contribution in [1.82, 2.24) is 9.78 Å². The summed E-state index contributed by atoms with van der Waals surface area (Å²) < 4.78 is 1.97. The van der Waals surface area contributed by atoms with E-state index in [9.17, 15) is 0 Å². The molecule has 14 heavy (non-hydrogen) atoms. The van der Waals surface area contributed by atoms with Crippen molar-refractivity contribution >= 4 is 12.2 Å². The summed E-state index contributed by atoms with van der Waals surface area (Å²) in [5.41, 5.74) is 2.13. The SMILES string of the molecule is C=C/C=C\c1c(C=C)cnn1C(C)C. The highest BCUT2D eigenvalue weighted by atomic mass is 15.3. The molecule has 1 heterocycles. The van der Waals surface area contributed by atoms with Crippen molar-refractivity contribution in [2.45, 2.75) is 19.9 Å². The van der Waals surface area contributed by atoms with E-state index in [1.54, 1.807) is 6.08 Å². The maximum atomic E-state index is 4.30. The van der Waals surface area contributed by atoms with Gasteiger partial charge in [0, 0.05) is 11.6 Å². The average molecular weight is 188 g/mol. The number of allylic oxidation sites excluding steroid dienone is 2. The molecule has 0 spiro atoms. The van der Waals surface area contributed by atoms with E-state index >= 15 is 0 Å². The molecule has 1 aromatic heterocycles. The van der Waals surface area contributed by atoms with E-state index in [1.165, 1.54) is 0 Å². The van der Waals surface area contributed by atoms with E-state index in [0.29, 0.717) is 6.04 Å². The molecule has 0 unspecified atom stereocenters. The fourth-order valence-corrected chi connectivity index (χ4v) is 1.29. The quantitative estimate of drug-likeness (QED) is 0.663. The van der Waals surface area contributed by atoms with Gasteiger partial charge in [-0.3, -0.25) is 4.68 Å². The maximum Gasteiger partial charge on any atom is 0.0685 e. The Labute approximate surface area is 85.3 Å². The third-order valence-electron chi connectivity index (χ3n) is 1.96. The molecule has 0 aromatic carbocycles. The zero-order valence-electron chi connectivity index (χ0n) is 8.77. The van der Waals surface area contributed by atoms with Gasteiger partial charge in [-0.15, -0.1) is 0 Å². The Bertz CT molecular complexity index is 356. The normalized spacial score (nSPS) is 11.1. The summed E-state index contributed by atoms with van der Waals surface area (Å²) in [6, 6.07) is 0.355. The molecule has 74 valence electrons. The van der Waals surface area contributed by atoms with Crippen LogP contribution < -0.4 is 0 Å². The van der Waals surface area contributed by atoms with Gasteiger partial charge >= 0.3 is 0 Å². The van der Waals surface area contributed by atoms with Crippen molar-refractivity contribution in [1.29, 1.82) is 0 Å². The zero-order valence-corrected chi connectivity index (χ0v) is 8.77. The Hall–Kier alpha value is -1.57. The van der Waals surface area contributed by atoms with Crippen LogP contribution in [0.1, 0.15) is 31.1 Å². The number of nitrogens with zero attached hydrogens (tertiary/aromatic N) is 2. The number of hydrogen-bond donors (Lipinski definition) is 0. The summed E-state index contributed by atoms with van der Waals surface area (Å²) in [5, 5.41) is 4.30. The van der Waals surface area contributed by atoms with Gasteiger partial charge < -0.3 is 0 Å².